The summed E-state index contributed by atoms with van der Waals surface area (Å²) in [6.45, 7) is 4.39. The highest BCUT2D eigenvalue weighted by Crippen LogP contribution is 2.34. The van der Waals surface area contributed by atoms with Crippen LogP contribution >= 0.6 is 11.6 Å². The van der Waals surface area contributed by atoms with Crippen molar-refractivity contribution in [1.82, 2.24) is 9.88 Å². The number of anilines is 1. The van der Waals surface area contributed by atoms with Gasteiger partial charge in [-0.25, -0.2) is 4.98 Å². The molecule has 0 aliphatic rings. The fourth-order valence-electron chi connectivity index (χ4n) is 3.74. The minimum absolute atomic E-state index is 0.104. The molecule has 1 unspecified atom stereocenters. The Morgan fingerprint density at radius 2 is 1.80 bits per heavy atom. The van der Waals surface area contributed by atoms with Crippen LogP contribution in [0.25, 0.3) is 21.8 Å². The van der Waals surface area contributed by atoms with Crippen LogP contribution < -0.4 is 10.1 Å². The van der Waals surface area contributed by atoms with Gasteiger partial charge in [0.2, 0.25) is 0 Å². The molecule has 0 saturated heterocycles. The highest BCUT2D eigenvalue weighted by Gasteiger charge is 2.13. The number of methoxy groups -OCH3 is 1. The van der Waals surface area contributed by atoms with E-state index in [1.54, 1.807) is 7.11 Å². The standard InChI is InChI=1S/C23H30ClN3O3/c1-16(4-3-9-27(10-12-28)11-13-29)25-23-19-7-5-17(24)14-22(19)26-21-8-6-18(30-2)15-20(21)23/h5-8,14-16,28-29H,3-4,9-13H2,1-2H3,(H,25,26). The van der Waals surface area contributed by atoms with E-state index in [1.165, 1.54) is 0 Å². The van der Waals surface area contributed by atoms with E-state index in [0.717, 1.165) is 52.6 Å². The Bertz CT molecular complexity index is 977. The third-order valence-corrected chi connectivity index (χ3v) is 5.51. The summed E-state index contributed by atoms with van der Waals surface area (Å²) >= 11 is 6.20. The van der Waals surface area contributed by atoms with Crippen LogP contribution in [0.15, 0.2) is 36.4 Å². The van der Waals surface area contributed by atoms with Crippen LogP contribution in [0.3, 0.4) is 0 Å². The molecule has 1 heterocycles. The number of nitrogens with one attached hydrogen (secondary N) is 1. The maximum atomic E-state index is 9.17. The maximum absolute atomic E-state index is 9.17. The molecule has 2 aromatic carbocycles. The molecule has 0 bridgehead atoms. The van der Waals surface area contributed by atoms with Gasteiger partial charge in [0.25, 0.3) is 0 Å². The van der Waals surface area contributed by atoms with Crippen LogP contribution in [0.1, 0.15) is 19.8 Å². The lowest BCUT2D eigenvalue weighted by molar-refractivity contribution is 0.159. The lowest BCUT2D eigenvalue weighted by atomic mass is 10.1. The number of aromatic nitrogens is 1. The van der Waals surface area contributed by atoms with Crippen molar-refractivity contribution in [3.8, 4) is 5.75 Å². The van der Waals surface area contributed by atoms with Crippen LogP contribution in [-0.4, -0.2) is 66.1 Å². The van der Waals surface area contributed by atoms with Gasteiger partial charge in [-0.15, -0.1) is 0 Å². The van der Waals surface area contributed by atoms with E-state index in [-0.39, 0.29) is 19.3 Å². The number of fused-ring (bicyclic) bond motifs is 2. The second kappa shape index (κ2) is 10.8. The van der Waals surface area contributed by atoms with E-state index in [0.29, 0.717) is 18.1 Å². The van der Waals surface area contributed by atoms with Crippen molar-refractivity contribution in [3.63, 3.8) is 0 Å². The Balaban J connectivity index is 1.83. The summed E-state index contributed by atoms with van der Waals surface area (Å²) in [5, 5.41) is 24.7. The van der Waals surface area contributed by atoms with Crippen molar-refractivity contribution in [2.45, 2.75) is 25.8 Å². The average molecular weight is 432 g/mol. The summed E-state index contributed by atoms with van der Waals surface area (Å²) in [6, 6.07) is 11.9. The number of ether oxygens (including phenoxy) is 1. The topological polar surface area (TPSA) is 77.9 Å². The van der Waals surface area contributed by atoms with E-state index >= 15 is 0 Å². The molecule has 7 heteroatoms. The normalized spacial score (nSPS) is 12.6. The molecule has 0 radical (unpaired) electrons. The number of hydrogen-bond donors (Lipinski definition) is 3. The number of halogens is 1. The fraction of sp³-hybridized carbons (Fsp3) is 0.435. The SMILES string of the molecule is COc1ccc2nc3cc(Cl)ccc3c(NC(C)CCCN(CCO)CCO)c2c1. The molecule has 0 saturated carbocycles. The van der Waals surface area contributed by atoms with Crippen LogP contribution in [-0.2, 0) is 0 Å². The van der Waals surface area contributed by atoms with Crippen molar-refractivity contribution in [3.05, 3.63) is 41.4 Å². The second-order valence-corrected chi connectivity index (χ2v) is 7.94. The van der Waals surface area contributed by atoms with Crippen LogP contribution in [0.4, 0.5) is 5.69 Å². The molecular formula is C23H30ClN3O3. The van der Waals surface area contributed by atoms with Gasteiger partial charge < -0.3 is 20.3 Å². The minimum atomic E-state index is 0.104. The summed E-state index contributed by atoms with van der Waals surface area (Å²) in [7, 11) is 1.66. The van der Waals surface area contributed by atoms with Gasteiger partial charge in [0.1, 0.15) is 5.75 Å². The predicted octanol–water partition coefficient (Wildman–Crippen LogP) is 3.92. The molecule has 30 heavy (non-hydrogen) atoms. The zero-order valence-electron chi connectivity index (χ0n) is 17.6. The van der Waals surface area contributed by atoms with Crippen LogP contribution in [0.2, 0.25) is 5.02 Å². The van der Waals surface area contributed by atoms with Gasteiger partial charge in [-0.05, 0) is 62.7 Å². The van der Waals surface area contributed by atoms with Gasteiger partial charge in [0.05, 0.1) is 37.0 Å². The lowest BCUT2D eigenvalue weighted by Crippen LogP contribution is -2.31. The Hall–Kier alpha value is -2.12. The van der Waals surface area contributed by atoms with Gasteiger partial charge in [0, 0.05) is 34.9 Å². The molecule has 0 aliphatic carbocycles. The van der Waals surface area contributed by atoms with Crippen molar-refractivity contribution < 1.29 is 14.9 Å². The molecule has 3 aromatic rings. The van der Waals surface area contributed by atoms with Gasteiger partial charge in [-0.1, -0.05) is 11.6 Å². The van der Waals surface area contributed by atoms with Gasteiger partial charge in [-0.3, -0.25) is 4.90 Å². The Kier molecular flexibility index (Phi) is 8.10. The quantitative estimate of drug-likeness (QED) is 0.399. The molecule has 162 valence electrons. The zero-order valence-corrected chi connectivity index (χ0v) is 18.3. The Morgan fingerprint density at radius 1 is 1.03 bits per heavy atom. The molecule has 6 nitrogen and oxygen atoms in total. The van der Waals surface area contributed by atoms with Gasteiger partial charge >= 0.3 is 0 Å². The number of nitrogens with zero attached hydrogens (tertiary/aromatic N) is 2. The minimum Gasteiger partial charge on any atom is -0.497 e. The van der Waals surface area contributed by atoms with Gasteiger partial charge in [-0.2, -0.15) is 0 Å². The van der Waals surface area contributed by atoms with E-state index < -0.39 is 0 Å². The third-order valence-electron chi connectivity index (χ3n) is 5.28. The summed E-state index contributed by atoms with van der Waals surface area (Å²) in [5.74, 6) is 0.789. The summed E-state index contributed by atoms with van der Waals surface area (Å²) in [5.41, 5.74) is 2.77. The van der Waals surface area contributed by atoms with Crippen molar-refractivity contribution in [1.29, 1.82) is 0 Å². The average Bonchev–Trinajstić information content (AvgIpc) is 2.73. The fourth-order valence-corrected chi connectivity index (χ4v) is 3.90. The van der Waals surface area contributed by atoms with Crippen molar-refractivity contribution in [2.75, 3.05) is 45.3 Å². The molecule has 1 atom stereocenters. The van der Waals surface area contributed by atoms with Crippen molar-refractivity contribution in [2.24, 2.45) is 0 Å². The number of aliphatic hydroxyl groups is 2. The third kappa shape index (κ3) is 5.52. The number of hydrogen-bond acceptors (Lipinski definition) is 6. The van der Waals surface area contributed by atoms with E-state index in [4.69, 9.17) is 31.5 Å². The molecule has 3 N–H and O–H groups in total. The number of rotatable bonds is 11. The smallest absolute Gasteiger partial charge is 0.119 e. The second-order valence-electron chi connectivity index (χ2n) is 7.51. The Morgan fingerprint density at radius 3 is 2.50 bits per heavy atom. The van der Waals surface area contributed by atoms with Crippen LogP contribution in [0, 0.1) is 0 Å². The van der Waals surface area contributed by atoms with E-state index in [2.05, 4.69) is 17.1 Å². The predicted molar refractivity (Wildman–Crippen MR) is 124 cm³/mol. The summed E-state index contributed by atoms with van der Waals surface area (Å²) in [6.07, 6.45) is 1.92. The molecule has 0 fully saturated rings. The first kappa shape index (κ1) is 22.6. The first-order chi connectivity index (χ1) is 14.5. The largest absolute Gasteiger partial charge is 0.497 e. The number of benzene rings is 2. The molecule has 3 rings (SSSR count). The molecular weight excluding hydrogens is 402 g/mol. The van der Waals surface area contributed by atoms with E-state index in [1.807, 2.05) is 36.4 Å². The monoisotopic (exact) mass is 431 g/mol. The van der Waals surface area contributed by atoms with Gasteiger partial charge in [0.15, 0.2) is 0 Å². The molecule has 1 aromatic heterocycles. The zero-order chi connectivity index (χ0) is 21.5. The number of aliphatic hydroxyl groups excluding tert-OH is 2. The molecule has 0 aliphatic heterocycles. The lowest BCUT2D eigenvalue weighted by Gasteiger charge is -2.22. The highest BCUT2D eigenvalue weighted by molar-refractivity contribution is 6.31. The maximum Gasteiger partial charge on any atom is 0.119 e. The number of pyridine rings is 1. The Labute approximate surface area is 182 Å². The van der Waals surface area contributed by atoms with Crippen molar-refractivity contribution >= 4 is 39.1 Å². The summed E-state index contributed by atoms with van der Waals surface area (Å²) < 4.78 is 5.43. The van der Waals surface area contributed by atoms with E-state index in [9.17, 15) is 0 Å². The molecule has 0 spiro atoms. The first-order valence-electron chi connectivity index (χ1n) is 10.3. The highest BCUT2D eigenvalue weighted by atomic mass is 35.5. The summed E-state index contributed by atoms with van der Waals surface area (Å²) in [4.78, 5) is 6.85. The van der Waals surface area contributed by atoms with Crippen LogP contribution in [0.5, 0.6) is 5.75 Å². The first-order valence-corrected chi connectivity index (χ1v) is 10.7. The molecule has 0 amide bonds.